The zero-order valence-electron chi connectivity index (χ0n) is 11.9. The fourth-order valence-corrected chi connectivity index (χ4v) is 1.97. The van der Waals surface area contributed by atoms with Gasteiger partial charge in [-0.15, -0.1) is 0 Å². The van der Waals surface area contributed by atoms with Crippen molar-refractivity contribution in [3.8, 4) is 5.75 Å². The molecule has 20 heavy (non-hydrogen) atoms. The van der Waals surface area contributed by atoms with Gasteiger partial charge in [-0.1, -0.05) is 31.5 Å². The Kier molecular flexibility index (Phi) is 6.56. The number of nitrogens with one attached hydrogen (secondary N) is 1. The van der Waals surface area contributed by atoms with Crippen molar-refractivity contribution in [1.82, 2.24) is 5.32 Å². The number of carboxylic acids is 1. The first kappa shape index (κ1) is 16.0. The van der Waals surface area contributed by atoms with Gasteiger partial charge in [0.25, 0.3) is 0 Å². The molecular weight excluding hydrogens is 258 g/mol. The molecule has 5 nitrogen and oxygen atoms in total. The van der Waals surface area contributed by atoms with Gasteiger partial charge >= 0.3 is 5.97 Å². The Balaban J connectivity index is 2.52. The number of ether oxygens (including phenoxy) is 1. The second-order valence-corrected chi connectivity index (χ2v) is 4.56. The summed E-state index contributed by atoms with van der Waals surface area (Å²) in [7, 11) is 1.58. The Bertz CT molecular complexity index is 459. The molecule has 1 amide bonds. The van der Waals surface area contributed by atoms with Gasteiger partial charge in [0.1, 0.15) is 11.8 Å². The molecule has 0 spiro atoms. The first-order valence-corrected chi connectivity index (χ1v) is 6.72. The Morgan fingerprint density at radius 2 is 2.05 bits per heavy atom. The average Bonchev–Trinajstić information content (AvgIpc) is 2.44. The van der Waals surface area contributed by atoms with Crippen molar-refractivity contribution >= 4 is 11.9 Å². The summed E-state index contributed by atoms with van der Waals surface area (Å²) >= 11 is 0. The molecule has 2 N–H and O–H groups in total. The number of para-hydroxylation sites is 1. The van der Waals surface area contributed by atoms with Crippen LogP contribution in [0.4, 0.5) is 0 Å². The Hall–Kier alpha value is -2.04. The quantitative estimate of drug-likeness (QED) is 0.763. The van der Waals surface area contributed by atoms with E-state index in [1.807, 2.05) is 31.2 Å². The van der Waals surface area contributed by atoms with E-state index in [1.54, 1.807) is 7.11 Å². The van der Waals surface area contributed by atoms with Gasteiger partial charge in [-0.05, 0) is 24.5 Å². The van der Waals surface area contributed by atoms with Crippen LogP contribution < -0.4 is 10.1 Å². The van der Waals surface area contributed by atoms with E-state index >= 15 is 0 Å². The lowest BCUT2D eigenvalue weighted by atomic mass is 10.1. The van der Waals surface area contributed by atoms with Gasteiger partial charge in [0.2, 0.25) is 5.91 Å². The molecular formula is C15H21NO4. The van der Waals surface area contributed by atoms with E-state index in [4.69, 9.17) is 9.84 Å². The third-order valence-electron chi connectivity index (χ3n) is 3.02. The molecule has 0 aliphatic rings. The largest absolute Gasteiger partial charge is 0.496 e. The van der Waals surface area contributed by atoms with Gasteiger partial charge in [-0.25, -0.2) is 4.79 Å². The first-order valence-electron chi connectivity index (χ1n) is 6.72. The highest BCUT2D eigenvalue weighted by Gasteiger charge is 2.18. The van der Waals surface area contributed by atoms with Crippen LogP contribution in [0.25, 0.3) is 0 Å². The smallest absolute Gasteiger partial charge is 0.326 e. The minimum absolute atomic E-state index is 0.244. The number of aliphatic carboxylic acids is 1. The standard InChI is InChI=1S/C15H21NO4/c1-3-6-12(15(18)19)16-14(17)10-9-11-7-4-5-8-13(11)20-2/h4-5,7-8,12H,3,6,9-10H2,1-2H3,(H,16,17)(H,18,19). The van der Waals surface area contributed by atoms with Crippen molar-refractivity contribution in [3.05, 3.63) is 29.8 Å². The SMILES string of the molecule is CCCC(NC(=O)CCc1ccccc1OC)C(=O)O. The minimum atomic E-state index is -0.988. The summed E-state index contributed by atoms with van der Waals surface area (Å²) in [6, 6.07) is 6.68. The molecule has 1 aromatic carbocycles. The van der Waals surface area contributed by atoms with Crippen LogP contribution in [0.5, 0.6) is 5.75 Å². The summed E-state index contributed by atoms with van der Waals surface area (Å²) in [6.07, 6.45) is 1.92. The van der Waals surface area contributed by atoms with Crippen molar-refractivity contribution < 1.29 is 19.4 Å². The summed E-state index contributed by atoms with van der Waals surface area (Å²) in [5.41, 5.74) is 0.938. The number of carbonyl (C=O) groups excluding carboxylic acids is 1. The van der Waals surface area contributed by atoms with Crippen molar-refractivity contribution in [1.29, 1.82) is 0 Å². The number of hydrogen-bond acceptors (Lipinski definition) is 3. The number of benzene rings is 1. The molecule has 110 valence electrons. The van der Waals surface area contributed by atoms with Crippen LogP contribution in [0.3, 0.4) is 0 Å². The maximum atomic E-state index is 11.8. The third kappa shape index (κ3) is 4.91. The van der Waals surface area contributed by atoms with Crippen LogP contribution in [0.1, 0.15) is 31.7 Å². The number of hydrogen-bond donors (Lipinski definition) is 2. The highest BCUT2D eigenvalue weighted by molar-refractivity contribution is 5.83. The molecule has 0 radical (unpaired) electrons. The Labute approximate surface area is 118 Å². The molecule has 0 aliphatic carbocycles. The van der Waals surface area contributed by atoms with Crippen LogP contribution in [0, 0.1) is 0 Å². The number of carboxylic acid groups (broad SMARTS) is 1. The van der Waals surface area contributed by atoms with E-state index in [0.717, 1.165) is 11.3 Å². The van der Waals surface area contributed by atoms with Crippen LogP contribution in [0.15, 0.2) is 24.3 Å². The van der Waals surface area contributed by atoms with Crippen molar-refractivity contribution in [2.45, 2.75) is 38.6 Å². The number of carbonyl (C=O) groups is 2. The van der Waals surface area contributed by atoms with Gasteiger partial charge < -0.3 is 15.2 Å². The van der Waals surface area contributed by atoms with Crippen molar-refractivity contribution in [2.75, 3.05) is 7.11 Å². The second kappa shape index (κ2) is 8.19. The summed E-state index contributed by atoms with van der Waals surface area (Å²) in [5, 5.41) is 11.5. The lowest BCUT2D eigenvalue weighted by Crippen LogP contribution is -2.40. The molecule has 1 aromatic rings. The van der Waals surface area contributed by atoms with E-state index < -0.39 is 12.0 Å². The molecule has 0 saturated heterocycles. The van der Waals surface area contributed by atoms with E-state index in [-0.39, 0.29) is 12.3 Å². The van der Waals surface area contributed by atoms with Crippen LogP contribution in [0.2, 0.25) is 0 Å². The molecule has 5 heteroatoms. The van der Waals surface area contributed by atoms with Gasteiger partial charge in [0.15, 0.2) is 0 Å². The predicted molar refractivity (Wildman–Crippen MR) is 75.8 cm³/mol. The van der Waals surface area contributed by atoms with E-state index in [1.165, 1.54) is 0 Å². The fourth-order valence-electron chi connectivity index (χ4n) is 1.97. The first-order chi connectivity index (χ1) is 9.58. The summed E-state index contributed by atoms with van der Waals surface area (Å²) in [6.45, 7) is 1.89. The number of methoxy groups -OCH3 is 1. The van der Waals surface area contributed by atoms with Crippen LogP contribution in [-0.4, -0.2) is 30.1 Å². The minimum Gasteiger partial charge on any atom is -0.496 e. The normalized spacial score (nSPS) is 11.7. The lowest BCUT2D eigenvalue weighted by molar-refractivity contribution is -0.142. The molecule has 0 bridgehead atoms. The maximum absolute atomic E-state index is 11.8. The number of aryl methyl sites for hydroxylation is 1. The van der Waals surface area contributed by atoms with E-state index in [9.17, 15) is 9.59 Å². The number of amides is 1. The van der Waals surface area contributed by atoms with Gasteiger partial charge in [0, 0.05) is 6.42 Å². The summed E-state index contributed by atoms with van der Waals surface area (Å²) < 4.78 is 5.21. The van der Waals surface area contributed by atoms with E-state index in [0.29, 0.717) is 19.3 Å². The highest BCUT2D eigenvalue weighted by Crippen LogP contribution is 2.18. The molecule has 0 heterocycles. The highest BCUT2D eigenvalue weighted by atomic mass is 16.5. The van der Waals surface area contributed by atoms with Gasteiger partial charge in [0.05, 0.1) is 7.11 Å². The zero-order chi connectivity index (χ0) is 15.0. The molecule has 0 aliphatic heterocycles. The van der Waals surface area contributed by atoms with Gasteiger partial charge in [-0.2, -0.15) is 0 Å². The van der Waals surface area contributed by atoms with Crippen LogP contribution in [-0.2, 0) is 16.0 Å². The molecule has 1 unspecified atom stereocenters. The third-order valence-corrected chi connectivity index (χ3v) is 3.02. The maximum Gasteiger partial charge on any atom is 0.326 e. The fraction of sp³-hybridized carbons (Fsp3) is 0.467. The molecule has 1 atom stereocenters. The average molecular weight is 279 g/mol. The Morgan fingerprint density at radius 3 is 2.65 bits per heavy atom. The number of rotatable bonds is 8. The van der Waals surface area contributed by atoms with Crippen molar-refractivity contribution in [3.63, 3.8) is 0 Å². The summed E-state index contributed by atoms with van der Waals surface area (Å²) in [5.74, 6) is -0.502. The zero-order valence-corrected chi connectivity index (χ0v) is 11.9. The Morgan fingerprint density at radius 1 is 1.35 bits per heavy atom. The van der Waals surface area contributed by atoms with Crippen molar-refractivity contribution in [2.24, 2.45) is 0 Å². The topological polar surface area (TPSA) is 75.6 Å². The molecule has 0 fully saturated rings. The molecule has 1 rings (SSSR count). The molecule has 0 aromatic heterocycles. The monoisotopic (exact) mass is 279 g/mol. The van der Waals surface area contributed by atoms with Crippen LogP contribution >= 0.6 is 0 Å². The predicted octanol–water partition coefficient (Wildman–Crippen LogP) is 2.00. The molecule has 0 saturated carbocycles. The second-order valence-electron chi connectivity index (χ2n) is 4.56. The lowest BCUT2D eigenvalue weighted by Gasteiger charge is -2.14. The van der Waals surface area contributed by atoms with Gasteiger partial charge in [-0.3, -0.25) is 4.79 Å². The van der Waals surface area contributed by atoms with E-state index in [2.05, 4.69) is 5.32 Å². The summed E-state index contributed by atoms with van der Waals surface area (Å²) in [4.78, 5) is 22.8.